The quantitative estimate of drug-likeness (QED) is 0.744. The Morgan fingerprint density at radius 2 is 2.11 bits per heavy atom. The molecule has 1 aromatic heterocycles. The smallest absolute Gasteiger partial charge is 0.339 e. The second-order valence-electron chi connectivity index (χ2n) is 3.74. The number of aryl methyl sites for hydroxylation is 1. The van der Waals surface area contributed by atoms with Gasteiger partial charge in [0.1, 0.15) is 11.4 Å². The Labute approximate surface area is 101 Å². The van der Waals surface area contributed by atoms with E-state index in [1.807, 2.05) is 0 Å². The minimum Gasteiger partial charge on any atom is -0.504 e. The van der Waals surface area contributed by atoms with Gasteiger partial charge >= 0.3 is 5.97 Å². The van der Waals surface area contributed by atoms with Crippen LogP contribution in [0.5, 0.6) is 5.75 Å². The van der Waals surface area contributed by atoms with Gasteiger partial charge in [0.25, 0.3) is 0 Å². The summed E-state index contributed by atoms with van der Waals surface area (Å²) in [5, 5.41) is 22.1. The van der Waals surface area contributed by atoms with E-state index in [9.17, 15) is 14.3 Å². The number of aromatic carboxylic acids is 1. The fourth-order valence-corrected chi connectivity index (χ4v) is 1.53. The van der Waals surface area contributed by atoms with Crippen LogP contribution in [0.15, 0.2) is 18.2 Å². The van der Waals surface area contributed by atoms with Crippen LogP contribution in [0.4, 0.5) is 10.2 Å². The number of nitrogen functional groups attached to an aromatic ring is 1. The minimum atomic E-state index is -1.42. The van der Waals surface area contributed by atoms with E-state index in [0.29, 0.717) is 11.5 Å². The fraction of sp³-hybridized carbons (Fsp3) is 0.0909. The lowest BCUT2D eigenvalue weighted by Crippen LogP contribution is -1.99. The number of carbonyl (C=O) groups is 1. The van der Waals surface area contributed by atoms with Crippen molar-refractivity contribution < 1.29 is 19.4 Å². The first-order chi connectivity index (χ1) is 8.40. The molecule has 0 fully saturated rings. The van der Waals surface area contributed by atoms with Gasteiger partial charge in [-0.3, -0.25) is 4.68 Å². The van der Waals surface area contributed by atoms with E-state index in [1.165, 1.54) is 10.7 Å². The molecular weight excluding hydrogens is 241 g/mol. The number of hydrogen-bond donors (Lipinski definition) is 3. The maximum absolute atomic E-state index is 13.4. The van der Waals surface area contributed by atoms with E-state index in [1.54, 1.807) is 7.05 Å². The zero-order valence-electron chi connectivity index (χ0n) is 9.38. The van der Waals surface area contributed by atoms with Gasteiger partial charge in [-0.2, -0.15) is 5.10 Å². The maximum atomic E-state index is 13.4. The zero-order chi connectivity index (χ0) is 13.4. The number of nitrogens with two attached hydrogens (primary N) is 1. The lowest BCUT2D eigenvalue weighted by molar-refractivity contribution is 0.0693. The molecule has 0 aliphatic heterocycles. The molecule has 0 radical (unpaired) electrons. The number of benzene rings is 1. The van der Waals surface area contributed by atoms with Gasteiger partial charge in [0, 0.05) is 18.7 Å². The van der Waals surface area contributed by atoms with E-state index < -0.39 is 23.1 Å². The van der Waals surface area contributed by atoms with Crippen molar-refractivity contribution in [2.45, 2.75) is 0 Å². The second-order valence-corrected chi connectivity index (χ2v) is 3.74. The summed E-state index contributed by atoms with van der Waals surface area (Å²) in [5.41, 5.74) is 5.63. The van der Waals surface area contributed by atoms with Crippen molar-refractivity contribution in [3.05, 3.63) is 29.6 Å². The van der Waals surface area contributed by atoms with Crippen molar-refractivity contribution in [2.75, 3.05) is 5.73 Å². The van der Waals surface area contributed by atoms with E-state index in [0.717, 1.165) is 12.1 Å². The molecule has 0 aliphatic rings. The first kappa shape index (κ1) is 11.9. The van der Waals surface area contributed by atoms with Crippen LogP contribution in [-0.2, 0) is 7.05 Å². The number of halogens is 1. The number of carboxylic acid groups (broad SMARTS) is 1. The summed E-state index contributed by atoms with van der Waals surface area (Å²) in [6, 6.07) is 3.63. The van der Waals surface area contributed by atoms with Gasteiger partial charge in [-0.05, 0) is 12.1 Å². The molecule has 0 bridgehead atoms. The molecule has 6 nitrogen and oxygen atoms in total. The Hall–Kier alpha value is -2.57. The summed E-state index contributed by atoms with van der Waals surface area (Å²) < 4.78 is 14.8. The van der Waals surface area contributed by atoms with Crippen LogP contribution in [0.2, 0.25) is 0 Å². The van der Waals surface area contributed by atoms with E-state index in [2.05, 4.69) is 5.10 Å². The van der Waals surface area contributed by atoms with Crippen LogP contribution in [0.25, 0.3) is 11.3 Å². The number of phenols is 1. The van der Waals surface area contributed by atoms with E-state index in [4.69, 9.17) is 10.8 Å². The van der Waals surface area contributed by atoms with Gasteiger partial charge in [-0.15, -0.1) is 0 Å². The van der Waals surface area contributed by atoms with Crippen molar-refractivity contribution >= 4 is 11.8 Å². The minimum absolute atomic E-state index is 0.231. The summed E-state index contributed by atoms with van der Waals surface area (Å²) in [7, 11) is 1.60. The third-order valence-electron chi connectivity index (χ3n) is 2.51. The molecule has 7 heteroatoms. The van der Waals surface area contributed by atoms with Crippen LogP contribution < -0.4 is 5.73 Å². The van der Waals surface area contributed by atoms with Crippen molar-refractivity contribution in [1.29, 1.82) is 0 Å². The first-order valence-electron chi connectivity index (χ1n) is 4.96. The lowest BCUT2D eigenvalue weighted by Gasteiger charge is -2.04. The van der Waals surface area contributed by atoms with Crippen molar-refractivity contribution in [1.82, 2.24) is 9.78 Å². The third-order valence-corrected chi connectivity index (χ3v) is 2.51. The number of nitrogens with zero attached hydrogens (tertiary/aromatic N) is 2. The van der Waals surface area contributed by atoms with Crippen molar-refractivity contribution in [3.8, 4) is 17.0 Å². The molecule has 0 aliphatic carbocycles. The zero-order valence-corrected chi connectivity index (χ0v) is 9.38. The van der Waals surface area contributed by atoms with E-state index in [-0.39, 0.29) is 5.56 Å². The molecule has 0 unspecified atom stereocenters. The normalized spacial score (nSPS) is 10.6. The largest absolute Gasteiger partial charge is 0.504 e. The number of rotatable bonds is 2. The lowest BCUT2D eigenvalue weighted by atomic mass is 10.1. The Kier molecular flexibility index (Phi) is 2.66. The van der Waals surface area contributed by atoms with Gasteiger partial charge in [-0.1, -0.05) is 0 Å². The van der Waals surface area contributed by atoms with Crippen molar-refractivity contribution in [2.24, 2.45) is 7.05 Å². The highest BCUT2D eigenvalue weighted by Gasteiger charge is 2.17. The molecular formula is C11H10FN3O3. The van der Waals surface area contributed by atoms with Crippen LogP contribution >= 0.6 is 0 Å². The Balaban J connectivity index is 2.62. The topological polar surface area (TPSA) is 101 Å². The average Bonchev–Trinajstić information content (AvgIpc) is 2.62. The van der Waals surface area contributed by atoms with Gasteiger partial charge < -0.3 is 15.9 Å². The number of carboxylic acids is 1. The number of aromatic nitrogens is 2. The SMILES string of the molecule is Cn1nc(-c2cc(F)c(O)c(C(=O)O)c2)cc1N. The molecule has 0 saturated carbocycles. The van der Waals surface area contributed by atoms with Crippen LogP contribution in [-0.4, -0.2) is 26.0 Å². The molecule has 0 saturated heterocycles. The van der Waals surface area contributed by atoms with Crippen LogP contribution in [0.1, 0.15) is 10.4 Å². The highest BCUT2D eigenvalue weighted by atomic mass is 19.1. The molecule has 94 valence electrons. The number of hydrogen-bond acceptors (Lipinski definition) is 4. The standard InChI is InChI=1S/C11H10FN3O3/c1-15-9(13)4-8(14-15)5-2-6(11(17)18)10(16)7(12)3-5/h2-4,16H,13H2,1H3,(H,17,18). The summed E-state index contributed by atoms with van der Waals surface area (Å²) in [6.45, 7) is 0. The number of anilines is 1. The van der Waals surface area contributed by atoms with Gasteiger partial charge in [0.05, 0.1) is 5.69 Å². The predicted molar refractivity (Wildman–Crippen MR) is 61.6 cm³/mol. The monoisotopic (exact) mass is 251 g/mol. The molecule has 1 heterocycles. The van der Waals surface area contributed by atoms with Gasteiger partial charge in [-0.25, -0.2) is 9.18 Å². The molecule has 0 atom stereocenters. The summed E-state index contributed by atoms with van der Waals surface area (Å²) in [5.74, 6) is -2.98. The number of aromatic hydroxyl groups is 1. The summed E-state index contributed by atoms with van der Waals surface area (Å²) in [4.78, 5) is 10.9. The molecule has 2 aromatic rings. The fourth-order valence-electron chi connectivity index (χ4n) is 1.53. The van der Waals surface area contributed by atoms with Gasteiger partial charge in [0.15, 0.2) is 11.6 Å². The second kappa shape index (κ2) is 4.02. The molecule has 4 N–H and O–H groups in total. The predicted octanol–water partition coefficient (Wildman–Crippen LogP) is 1.21. The van der Waals surface area contributed by atoms with Gasteiger partial charge in [0.2, 0.25) is 0 Å². The Bertz CT molecular complexity index is 617. The summed E-state index contributed by atoms with van der Waals surface area (Å²) in [6.07, 6.45) is 0. The summed E-state index contributed by atoms with van der Waals surface area (Å²) >= 11 is 0. The molecule has 0 amide bonds. The highest BCUT2D eigenvalue weighted by Crippen LogP contribution is 2.29. The average molecular weight is 251 g/mol. The maximum Gasteiger partial charge on any atom is 0.339 e. The van der Waals surface area contributed by atoms with Crippen LogP contribution in [0, 0.1) is 5.82 Å². The van der Waals surface area contributed by atoms with E-state index >= 15 is 0 Å². The Morgan fingerprint density at radius 3 is 2.61 bits per heavy atom. The molecule has 18 heavy (non-hydrogen) atoms. The van der Waals surface area contributed by atoms with Crippen molar-refractivity contribution in [3.63, 3.8) is 0 Å². The first-order valence-corrected chi connectivity index (χ1v) is 4.96. The van der Waals surface area contributed by atoms with Crippen LogP contribution in [0.3, 0.4) is 0 Å². The highest BCUT2D eigenvalue weighted by molar-refractivity contribution is 5.92. The molecule has 0 spiro atoms. The molecule has 2 rings (SSSR count). The molecule has 1 aromatic carbocycles. The third kappa shape index (κ3) is 1.86. The Morgan fingerprint density at radius 1 is 1.44 bits per heavy atom.